The van der Waals surface area contributed by atoms with Crippen LogP contribution in [0.15, 0.2) is 4.99 Å². The molecule has 1 saturated carbocycles. The molecule has 1 N–H and O–H groups in total. The molecule has 22 heavy (non-hydrogen) atoms. The number of ether oxygens (including phenoxy) is 1. The van der Waals surface area contributed by atoms with Gasteiger partial charge in [0.05, 0.1) is 6.61 Å². The van der Waals surface area contributed by atoms with Gasteiger partial charge in [0.15, 0.2) is 5.96 Å². The van der Waals surface area contributed by atoms with Gasteiger partial charge in [-0.2, -0.15) is 0 Å². The van der Waals surface area contributed by atoms with E-state index < -0.39 is 0 Å². The summed E-state index contributed by atoms with van der Waals surface area (Å²) < 4.78 is 5.48. The first kappa shape index (κ1) is 17.6. The van der Waals surface area contributed by atoms with E-state index in [-0.39, 0.29) is 0 Å². The number of nitrogens with one attached hydrogen (secondary N) is 1. The standard InChI is InChI=1S/C18H35N3O/c1-4-19-18(21(3)13-17-9-11-22-14-17)20-10-8-16-7-5-6-15(2)12-16/h15-17H,4-14H2,1-3H3,(H,19,20). The summed E-state index contributed by atoms with van der Waals surface area (Å²) in [5.74, 6) is 3.54. The second-order valence-corrected chi connectivity index (χ2v) is 7.27. The van der Waals surface area contributed by atoms with Crippen molar-refractivity contribution in [1.82, 2.24) is 10.2 Å². The highest BCUT2D eigenvalue weighted by Crippen LogP contribution is 2.30. The van der Waals surface area contributed by atoms with E-state index >= 15 is 0 Å². The molecular formula is C18H35N3O. The molecule has 1 heterocycles. The predicted octanol–water partition coefficient (Wildman–Crippen LogP) is 3.14. The first-order chi connectivity index (χ1) is 10.7. The van der Waals surface area contributed by atoms with Gasteiger partial charge in [-0.3, -0.25) is 4.99 Å². The third-order valence-electron chi connectivity index (χ3n) is 5.10. The van der Waals surface area contributed by atoms with Crippen molar-refractivity contribution in [3.05, 3.63) is 0 Å². The Labute approximate surface area is 136 Å². The van der Waals surface area contributed by atoms with Gasteiger partial charge in [-0.1, -0.05) is 26.2 Å². The van der Waals surface area contributed by atoms with Crippen LogP contribution in [0.3, 0.4) is 0 Å². The van der Waals surface area contributed by atoms with Gasteiger partial charge >= 0.3 is 0 Å². The highest BCUT2D eigenvalue weighted by atomic mass is 16.5. The van der Waals surface area contributed by atoms with Crippen molar-refractivity contribution in [2.24, 2.45) is 22.7 Å². The van der Waals surface area contributed by atoms with Crippen molar-refractivity contribution >= 4 is 5.96 Å². The summed E-state index contributed by atoms with van der Waals surface area (Å²) in [6.07, 6.45) is 8.09. The molecule has 4 heteroatoms. The minimum absolute atomic E-state index is 0.660. The lowest BCUT2D eigenvalue weighted by Gasteiger charge is -2.27. The van der Waals surface area contributed by atoms with Gasteiger partial charge in [0.2, 0.25) is 0 Å². The summed E-state index contributed by atoms with van der Waals surface area (Å²) in [5, 5.41) is 3.44. The Bertz CT molecular complexity index is 339. The summed E-state index contributed by atoms with van der Waals surface area (Å²) in [4.78, 5) is 7.15. The fourth-order valence-electron chi connectivity index (χ4n) is 3.85. The molecule has 0 aromatic rings. The van der Waals surface area contributed by atoms with E-state index in [4.69, 9.17) is 9.73 Å². The second kappa shape index (κ2) is 9.39. The van der Waals surface area contributed by atoms with Crippen LogP contribution in [0.1, 0.15) is 52.4 Å². The van der Waals surface area contributed by atoms with Gasteiger partial charge < -0.3 is 15.0 Å². The van der Waals surface area contributed by atoms with Crippen LogP contribution in [0.4, 0.5) is 0 Å². The molecule has 128 valence electrons. The normalized spacial score (nSPS) is 29.6. The molecule has 2 fully saturated rings. The molecule has 3 unspecified atom stereocenters. The van der Waals surface area contributed by atoms with Crippen molar-refractivity contribution < 1.29 is 4.74 Å². The van der Waals surface area contributed by atoms with E-state index in [1.165, 1.54) is 38.5 Å². The lowest BCUT2D eigenvalue weighted by atomic mass is 9.81. The molecule has 2 aliphatic rings. The van der Waals surface area contributed by atoms with Crippen molar-refractivity contribution in [1.29, 1.82) is 0 Å². The maximum atomic E-state index is 5.48. The topological polar surface area (TPSA) is 36.9 Å². The van der Waals surface area contributed by atoms with Crippen molar-refractivity contribution in [3.8, 4) is 0 Å². The third-order valence-corrected chi connectivity index (χ3v) is 5.10. The molecule has 1 saturated heterocycles. The van der Waals surface area contributed by atoms with Crippen LogP contribution in [0, 0.1) is 17.8 Å². The molecular weight excluding hydrogens is 274 g/mol. The molecule has 4 nitrogen and oxygen atoms in total. The van der Waals surface area contributed by atoms with Gasteiger partial charge in [0, 0.05) is 39.2 Å². The first-order valence-electron chi connectivity index (χ1n) is 9.26. The summed E-state index contributed by atoms with van der Waals surface area (Å²) in [5.41, 5.74) is 0. The van der Waals surface area contributed by atoms with E-state index in [0.717, 1.165) is 50.6 Å². The largest absolute Gasteiger partial charge is 0.381 e. The summed E-state index contributed by atoms with van der Waals surface area (Å²) in [7, 11) is 2.16. The summed E-state index contributed by atoms with van der Waals surface area (Å²) >= 11 is 0. The molecule has 0 bridgehead atoms. The fourth-order valence-corrected chi connectivity index (χ4v) is 3.85. The molecule has 2 rings (SSSR count). The van der Waals surface area contributed by atoms with Crippen LogP contribution < -0.4 is 5.32 Å². The van der Waals surface area contributed by atoms with E-state index in [0.29, 0.717) is 5.92 Å². The lowest BCUT2D eigenvalue weighted by molar-refractivity contribution is 0.181. The van der Waals surface area contributed by atoms with Gasteiger partial charge in [0.25, 0.3) is 0 Å². The van der Waals surface area contributed by atoms with Crippen LogP contribution >= 0.6 is 0 Å². The molecule has 0 spiro atoms. The van der Waals surface area contributed by atoms with Crippen LogP contribution in [0.25, 0.3) is 0 Å². The highest BCUT2D eigenvalue weighted by molar-refractivity contribution is 5.79. The molecule has 0 radical (unpaired) electrons. The molecule has 1 aliphatic carbocycles. The summed E-state index contributed by atoms with van der Waals surface area (Å²) in [6, 6.07) is 0. The predicted molar refractivity (Wildman–Crippen MR) is 93.3 cm³/mol. The van der Waals surface area contributed by atoms with E-state index in [9.17, 15) is 0 Å². The maximum absolute atomic E-state index is 5.48. The van der Waals surface area contributed by atoms with Crippen LogP contribution in [0.5, 0.6) is 0 Å². The van der Waals surface area contributed by atoms with Crippen molar-refractivity contribution in [2.75, 3.05) is 39.9 Å². The smallest absolute Gasteiger partial charge is 0.193 e. The zero-order valence-electron chi connectivity index (χ0n) is 14.8. The number of rotatable bonds is 6. The van der Waals surface area contributed by atoms with Gasteiger partial charge in [0.1, 0.15) is 0 Å². The third kappa shape index (κ3) is 5.79. The molecule has 3 atom stereocenters. The molecule has 0 amide bonds. The Kier molecular flexibility index (Phi) is 7.50. The van der Waals surface area contributed by atoms with Gasteiger partial charge in [-0.15, -0.1) is 0 Å². The van der Waals surface area contributed by atoms with Crippen molar-refractivity contribution in [2.45, 2.75) is 52.4 Å². The monoisotopic (exact) mass is 309 g/mol. The SMILES string of the molecule is CCNC(=NCCC1CCCC(C)C1)N(C)CC1CCOC1. The average molecular weight is 309 g/mol. The van der Waals surface area contributed by atoms with Crippen LogP contribution in [-0.4, -0.2) is 50.8 Å². The Morgan fingerprint density at radius 2 is 2.14 bits per heavy atom. The van der Waals surface area contributed by atoms with Gasteiger partial charge in [-0.05, 0) is 38.0 Å². The zero-order valence-corrected chi connectivity index (χ0v) is 14.8. The minimum atomic E-state index is 0.660. The molecule has 0 aromatic carbocycles. The first-order valence-corrected chi connectivity index (χ1v) is 9.26. The lowest BCUT2D eigenvalue weighted by Crippen LogP contribution is -2.41. The Balaban J connectivity index is 1.77. The summed E-state index contributed by atoms with van der Waals surface area (Å²) in [6.45, 7) is 9.32. The number of nitrogens with zero attached hydrogens (tertiary/aromatic N) is 2. The number of hydrogen-bond acceptors (Lipinski definition) is 2. The van der Waals surface area contributed by atoms with Crippen LogP contribution in [0.2, 0.25) is 0 Å². The fraction of sp³-hybridized carbons (Fsp3) is 0.944. The molecule has 1 aliphatic heterocycles. The highest BCUT2D eigenvalue weighted by Gasteiger charge is 2.20. The Morgan fingerprint density at radius 1 is 1.27 bits per heavy atom. The van der Waals surface area contributed by atoms with Gasteiger partial charge in [-0.25, -0.2) is 0 Å². The zero-order chi connectivity index (χ0) is 15.8. The minimum Gasteiger partial charge on any atom is -0.381 e. The van der Waals surface area contributed by atoms with Crippen molar-refractivity contribution in [3.63, 3.8) is 0 Å². The second-order valence-electron chi connectivity index (χ2n) is 7.27. The average Bonchev–Trinajstić information content (AvgIpc) is 2.99. The number of aliphatic imine (C=N–C) groups is 1. The quantitative estimate of drug-likeness (QED) is 0.605. The molecule has 0 aromatic heterocycles. The Morgan fingerprint density at radius 3 is 2.82 bits per heavy atom. The maximum Gasteiger partial charge on any atom is 0.193 e. The Hall–Kier alpha value is -0.770. The van der Waals surface area contributed by atoms with E-state index in [1.807, 2.05) is 0 Å². The van der Waals surface area contributed by atoms with Crippen LogP contribution in [-0.2, 0) is 4.74 Å². The number of hydrogen-bond donors (Lipinski definition) is 1. The van der Waals surface area contributed by atoms with E-state index in [1.54, 1.807) is 0 Å². The van der Waals surface area contributed by atoms with E-state index in [2.05, 4.69) is 31.1 Å². The number of guanidine groups is 1.